The summed E-state index contributed by atoms with van der Waals surface area (Å²) >= 11 is 0. The molecule has 8 atom stereocenters. The number of ether oxygens (including phenoxy) is 2. The zero-order chi connectivity index (χ0) is 41.8. The third-order valence-electron chi connectivity index (χ3n) is 7.90. The molecule has 1 fully saturated rings. The summed E-state index contributed by atoms with van der Waals surface area (Å²) in [7, 11) is -10.8. The monoisotopic (exact) mass is 824 g/mol. The highest BCUT2D eigenvalue weighted by molar-refractivity contribution is 7.47. The molecule has 16 nitrogen and oxygen atoms in total. The van der Waals surface area contributed by atoms with Gasteiger partial charge in [0.25, 0.3) is 0 Å². The first-order valence-electron chi connectivity index (χ1n) is 18.1. The first-order valence-corrected chi connectivity index (χ1v) is 21.1. The molecule has 18 heteroatoms. The van der Waals surface area contributed by atoms with Gasteiger partial charge >= 0.3 is 27.6 Å². The predicted octanol–water partition coefficient (Wildman–Crippen LogP) is 2.01. The molecule has 0 aromatic rings. The highest BCUT2D eigenvalue weighted by atomic mass is 31.2. The fraction of sp³-hybridized carbons (Fsp3) is 0.632. The number of carbonyl (C=O) groups excluding carboxylic acids is 2. The Hall–Kier alpha value is -3.64. The number of hydrogen-bond acceptors (Lipinski definition) is 13. The summed E-state index contributed by atoms with van der Waals surface area (Å²) in [4.78, 5) is 53.4. The molecule has 0 amide bonds. The van der Waals surface area contributed by atoms with Gasteiger partial charge in [0.15, 0.2) is 6.10 Å². The Balaban J connectivity index is 2.82. The van der Waals surface area contributed by atoms with Crippen LogP contribution in [0, 0.1) is 71.5 Å². The maximum absolute atomic E-state index is 12.8. The minimum Gasteiger partial charge on any atom is -0.456 e. The van der Waals surface area contributed by atoms with Crippen LogP contribution < -0.4 is 0 Å². The van der Waals surface area contributed by atoms with Crippen molar-refractivity contribution in [2.24, 2.45) is 0 Å². The normalized spacial score (nSPS) is 21.5. The van der Waals surface area contributed by atoms with Crippen molar-refractivity contribution < 1.29 is 76.9 Å². The van der Waals surface area contributed by atoms with Crippen molar-refractivity contribution in [1.29, 1.82) is 0 Å². The van der Waals surface area contributed by atoms with Crippen LogP contribution in [0.4, 0.5) is 0 Å². The van der Waals surface area contributed by atoms with Gasteiger partial charge in [-0.05, 0) is 65.6 Å². The average Bonchev–Trinajstić information content (AvgIpc) is 3.14. The molecule has 0 heterocycles. The molecule has 1 rings (SSSR count). The second kappa shape index (κ2) is 28.7. The molecule has 1 aliphatic carbocycles. The minimum absolute atomic E-state index is 0.0333. The molecule has 4 unspecified atom stereocenters. The molecule has 0 bridgehead atoms. The summed E-state index contributed by atoms with van der Waals surface area (Å²) in [6, 6.07) is 0. The second-order valence-electron chi connectivity index (χ2n) is 12.5. The number of aliphatic hydroxyl groups excluding tert-OH is 4. The number of hydrogen-bond donors (Lipinski definition) is 7. The van der Waals surface area contributed by atoms with Crippen LogP contribution in [0.15, 0.2) is 0 Å². The largest absolute Gasteiger partial charge is 0.472 e. The van der Waals surface area contributed by atoms with E-state index in [-0.39, 0.29) is 6.42 Å². The van der Waals surface area contributed by atoms with Crippen LogP contribution in [-0.2, 0) is 41.8 Å². The van der Waals surface area contributed by atoms with Crippen molar-refractivity contribution in [1.82, 2.24) is 0 Å². The third kappa shape index (κ3) is 23.4. The first kappa shape index (κ1) is 50.4. The van der Waals surface area contributed by atoms with E-state index in [1.807, 2.05) is 5.92 Å². The minimum atomic E-state index is -5.39. The zero-order valence-corrected chi connectivity index (χ0v) is 32.9. The molecule has 0 aromatic heterocycles. The Labute approximate surface area is 328 Å². The molecule has 0 aromatic carbocycles. The van der Waals surface area contributed by atoms with Gasteiger partial charge in [0.2, 0.25) is 0 Å². The Morgan fingerprint density at radius 3 is 1.59 bits per heavy atom. The average molecular weight is 825 g/mol. The molecule has 0 radical (unpaired) electrons. The lowest BCUT2D eigenvalue weighted by Gasteiger charge is -2.43. The fourth-order valence-electron chi connectivity index (χ4n) is 5.14. The van der Waals surface area contributed by atoms with Crippen LogP contribution in [0.2, 0.25) is 0 Å². The van der Waals surface area contributed by atoms with Crippen LogP contribution in [-0.4, -0.2) is 103 Å². The molecular formula is C38H50O16P2. The van der Waals surface area contributed by atoms with E-state index in [0.29, 0.717) is 6.42 Å². The highest BCUT2D eigenvalue weighted by Gasteiger charge is 2.54. The summed E-state index contributed by atoms with van der Waals surface area (Å²) < 4.78 is 48.4. The molecule has 1 aliphatic rings. The van der Waals surface area contributed by atoms with Gasteiger partial charge in [0, 0.05) is 12.3 Å². The molecule has 0 saturated heterocycles. The van der Waals surface area contributed by atoms with E-state index in [4.69, 9.17) is 34.7 Å². The third-order valence-corrected chi connectivity index (χ3v) is 9.41. The number of aliphatic hydroxyl groups is 4. The summed E-state index contributed by atoms with van der Waals surface area (Å²) in [5.41, 5.74) is 0. The fourth-order valence-corrected chi connectivity index (χ4v) is 6.68. The number of phosphoric acid groups is 2. The number of phosphoric ester groups is 2. The van der Waals surface area contributed by atoms with Crippen molar-refractivity contribution in [2.45, 2.75) is 140 Å². The van der Waals surface area contributed by atoms with Crippen LogP contribution in [0.5, 0.6) is 0 Å². The van der Waals surface area contributed by atoms with E-state index in [1.54, 1.807) is 0 Å². The van der Waals surface area contributed by atoms with E-state index in [2.05, 4.69) is 70.7 Å². The Bertz CT molecular complexity index is 1690. The molecule has 1 saturated carbocycles. The van der Waals surface area contributed by atoms with Crippen molar-refractivity contribution in [3.8, 4) is 71.5 Å². The van der Waals surface area contributed by atoms with Crippen LogP contribution in [0.1, 0.15) is 96.8 Å². The number of terminal acetylenes is 1. The van der Waals surface area contributed by atoms with E-state index >= 15 is 0 Å². The number of rotatable bonds is 24. The lowest BCUT2D eigenvalue weighted by atomic mass is 9.85. The van der Waals surface area contributed by atoms with Gasteiger partial charge in [-0.1, -0.05) is 84.0 Å². The van der Waals surface area contributed by atoms with E-state index < -0.39 is 83.5 Å². The zero-order valence-electron chi connectivity index (χ0n) is 31.1. The molecular weight excluding hydrogens is 774 g/mol. The van der Waals surface area contributed by atoms with E-state index in [9.17, 15) is 44.0 Å². The summed E-state index contributed by atoms with van der Waals surface area (Å²) in [6.45, 7) is 0.517. The Morgan fingerprint density at radius 1 is 0.625 bits per heavy atom. The van der Waals surface area contributed by atoms with E-state index in [0.717, 1.165) is 32.1 Å². The number of unbranched alkanes of at least 4 members (excludes halogenated alkanes) is 12. The van der Waals surface area contributed by atoms with Crippen molar-refractivity contribution >= 4 is 27.6 Å². The van der Waals surface area contributed by atoms with Crippen molar-refractivity contribution in [3.63, 3.8) is 0 Å². The van der Waals surface area contributed by atoms with Gasteiger partial charge in [-0.15, -0.1) is 6.42 Å². The highest BCUT2D eigenvalue weighted by Crippen LogP contribution is 2.49. The molecule has 7 N–H and O–H groups in total. The predicted molar refractivity (Wildman–Crippen MR) is 200 cm³/mol. The Kier molecular flexibility index (Phi) is 25.8. The standard InChI is InChI=1S/C38H50O16P2/c1-3-5-7-9-11-13-15-16-17-19-21-23-25-27-32(40)52-30(28-50-31(39)26-24-22-20-18-14-12-10-8-6-4-2)29-51-56(48,49)54-38-35(43)33(41)34(42)37(36(38)44)53-55(45,46)47/h2,30,33-38,41-44H,3,5,7,9,11,13,15-17,19,21,23,25,27-29H2,1H3,(H,48,49)(H2,45,46,47)/t30-,33?,34+,35+,36?,37-,38?/m1/s1. The number of carbonyl (C=O) groups is 2. The first-order chi connectivity index (χ1) is 26.6. The summed E-state index contributed by atoms with van der Waals surface area (Å²) in [6.07, 6.45) is 3.86. The molecule has 0 spiro atoms. The van der Waals surface area contributed by atoms with Crippen molar-refractivity contribution in [3.05, 3.63) is 0 Å². The topological polar surface area (TPSA) is 256 Å². The summed E-state index contributed by atoms with van der Waals surface area (Å²) in [5.74, 6) is 23.0. The quantitative estimate of drug-likeness (QED) is 0.0242. The van der Waals surface area contributed by atoms with Crippen molar-refractivity contribution in [2.75, 3.05) is 13.2 Å². The maximum atomic E-state index is 12.8. The van der Waals surface area contributed by atoms with Gasteiger partial charge in [0.05, 0.1) is 6.61 Å². The lowest BCUT2D eigenvalue weighted by molar-refractivity contribution is -0.216. The van der Waals surface area contributed by atoms with Gasteiger partial charge in [0.1, 0.15) is 43.2 Å². The lowest BCUT2D eigenvalue weighted by Crippen LogP contribution is -2.64. The second-order valence-corrected chi connectivity index (χ2v) is 15.1. The van der Waals surface area contributed by atoms with E-state index in [1.165, 1.54) is 44.9 Å². The maximum Gasteiger partial charge on any atom is 0.472 e. The number of esters is 2. The van der Waals surface area contributed by atoms with Gasteiger partial charge in [-0.2, -0.15) is 0 Å². The van der Waals surface area contributed by atoms with Gasteiger partial charge in [-0.25, -0.2) is 13.9 Å². The van der Waals surface area contributed by atoms with Crippen LogP contribution in [0.3, 0.4) is 0 Å². The van der Waals surface area contributed by atoms with Crippen LogP contribution >= 0.6 is 15.6 Å². The van der Waals surface area contributed by atoms with Gasteiger partial charge in [-0.3, -0.25) is 18.4 Å². The van der Waals surface area contributed by atoms with Gasteiger partial charge < -0.3 is 44.6 Å². The molecule has 56 heavy (non-hydrogen) atoms. The summed E-state index contributed by atoms with van der Waals surface area (Å²) in [5, 5.41) is 40.9. The van der Waals surface area contributed by atoms with Crippen LogP contribution in [0.25, 0.3) is 0 Å². The molecule has 308 valence electrons. The molecule has 0 aliphatic heterocycles. The SMILES string of the molecule is C#CC#CC#CC#CC#CC#CC(=O)OC[C@H](COP(=O)(O)OC1C(O)[C@H](OP(=O)(O)O)[C@@H](O)C(O)[C@@H]1O)OC(=O)CCCCCCCCCCCCCCC. The Morgan fingerprint density at radius 2 is 1.09 bits per heavy atom. The smallest absolute Gasteiger partial charge is 0.456 e.